The Hall–Kier alpha value is -2.06. The molecule has 2 rings (SSSR count). The lowest BCUT2D eigenvalue weighted by molar-refractivity contribution is -0.139. The number of aryl methyl sites for hydroxylation is 1. The fourth-order valence-electron chi connectivity index (χ4n) is 2.60. The molecule has 1 aromatic carbocycles. The van der Waals surface area contributed by atoms with Gasteiger partial charge in [0.1, 0.15) is 31.5 Å². The van der Waals surface area contributed by atoms with E-state index in [-0.39, 0.29) is 24.0 Å². The van der Waals surface area contributed by atoms with Crippen LogP contribution in [0.4, 0.5) is 0 Å². The smallest absolute Gasteiger partial charge is 0.321 e. The summed E-state index contributed by atoms with van der Waals surface area (Å²) in [5.74, 6) is -0.706. The maximum atomic E-state index is 11.2. The van der Waals surface area contributed by atoms with Crippen LogP contribution in [0.2, 0.25) is 6.32 Å². The van der Waals surface area contributed by atoms with Crippen LogP contribution < -0.4 is 10.5 Å². The lowest BCUT2D eigenvalue weighted by Crippen LogP contribution is -2.57. The Bertz CT molecular complexity index is 589. The molecule has 0 radical (unpaired) electrons. The molecule has 4 N–H and O–H groups in total. The number of ether oxygens (including phenoxy) is 1. The van der Waals surface area contributed by atoms with Gasteiger partial charge in [-0.1, -0.05) is 12.4 Å². The molecule has 0 aromatic heterocycles. The Morgan fingerprint density at radius 2 is 2.22 bits per heavy atom. The standard InChI is InChI=1S/C15H21BN2O5/c16-4-3-9-1-2-13(11(8-19)14(9)20)23-10-5-18(6-10)7-12(17)15(21)22/h1-2,8,10,12,20H,3-7,16-17H2,(H,21,22). The number of hydrogen-bond acceptors (Lipinski definition) is 6. The van der Waals surface area contributed by atoms with E-state index in [2.05, 4.69) is 0 Å². The molecule has 0 bridgehead atoms. The number of phenolic OH excluding ortho intramolecular Hbond substituents is 1. The summed E-state index contributed by atoms with van der Waals surface area (Å²) >= 11 is 0. The zero-order valence-electron chi connectivity index (χ0n) is 13.1. The number of aromatic hydroxyl groups is 1. The van der Waals surface area contributed by atoms with Gasteiger partial charge >= 0.3 is 5.97 Å². The first-order valence-corrected chi connectivity index (χ1v) is 7.63. The minimum atomic E-state index is -1.03. The van der Waals surface area contributed by atoms with E-state index in [1.807, 2.05) is 12.7 Å². The van der Waals surface area contributed by atoms with Crippen LogP contribution in [-0.4, -0.2) is 67.0 Å². The normalized spacial score (nSPS) is 16.6. The highest BCUT2D eigenvalue weighted by molar-refractivity contribution is 6.08. The topological polar surface area (TPSA) is 113 Å². The Balaban J connectivity index is 1.96. The summed E-state index contributed by atoms with van der Waals surface area (Å²) in [7, 11) is 2.00. The number of carboxylic acid groups (broad SMARTS) is 1. The number of hydrogen-bond donors (Lipinski definition) is 3. The molecule has 1 aliphatic heterocycles. The molecule has 1 aromatic rings. The zero-order chi connectivity index (χ0) is 17.0. The van der Waals surface area contributed by atoms with Crippen molar-refractivity contribution in [2.75, 3.05) is 19.6 Å². The Labute approximate surface area is 135 Å². The number of nitrogens with zero attached hydrogens (tertiary/aromatic N) is 1. The van der Waals surface area contributed by atoms with Crippen molar-refractivity contribution in [1.29, 1.82) is 0 Å². The van der Waals surface area contributed by atoms with Crippen molar-refractivity contribution in [1.82, 2.24) is 4.90 Å². The monoisotopic (exact) mass is 320 g/mol. The third kappa shape index (κ3) is 4.03. The molecule has 7 nitrogen and oxygen atoms in total. The SMILES string of the molecule is BCCc1ccc(OC2CN(CC(N)C(=O)O)C2)c(C=O)c1O. The second-order valence-corrected chi connectivity index (χ2v) is 5.76. The van der Waals surface area contributed by atoms with Gasteiger partial charge in [-0.2, -0.15) is 0 Å². The summed E-state index contributed by atoms with van der Waals surface area (Å²) < 4.78 is 5.74. The van der Waals surface area contributed by atoms with Crippen molar-refractivity contribution in [3.05, 3.63) is 23.3 Å². The van der Waals surface area contributed by atoms with E-state index >= 15 is 0 Å². The van der Waals surface area contributed by atoms with Gasteiger partial charge in [0.25, 0.3) is 0 Å². The van der Waals surface area contributed by atoms with E-state index < -0.39 is 12.0 Å². The van der Waals surface area contributed by atoms with Crippen LogP contribution in [0.15, 0.2) is 12.1 Å². The maximum absolute atomic E-state index is 11.2. The fraction of sp³-hybridized carbons (Fsp3) is 0.467. The lowest BCUT2D eigenvalue weighted by atomic mass is 9.95. The molecule has 23 heavy (non-hydrogen) atoms. The van der Waals surface area contributed by atoms with E-state index in [0.29, 0.717) is 31.5 Å². The first-order chi connectivity index (χ1) is 11.0. The number of aldehydes is 1. The Morgan fingerprint density at radius 1 is 1.52 bits per heavy atom. The Kier molecular flexibility index (Phi) is 5.62. The summed E-state index contributed by atoms with van der Waals surface area (Å²) in [6.45, 7) is 1.34. The minimum absolute atomic E-state index is 0.0246. The predicted molar refractivity (Wildman–Crippen MR) is 87.0 cm³/mol. The molecule has 1 saturated heterocycles. The number of rotatable bonds is 8. The van der Waals surface area contributed by atoms with Crippen molar-refractivity contribution in [2.45, 2.75) is 24.9 Å². The van der Waals surface area contributed by atoms with Gasteiger partial charge in [0.2, 0.25) is 0 Å². The maximum Gasteiger partial charge on any atom is 0.321 e. The van der Waals surface area contributed by atoms with E-state index in [0.717, 1.165) is 11.9 Å². The molecule has 0 spiro atoms. The quantitative estimate of drug-likeness (QED) is 0.428. The van der Waals surface area contributed by atoms with Gasteiger partial charge in [0.05, 0.1) is 5.56 Å². The molecule has 0 amide bonds. The summed E-state index contributed by atoms with van der Waals surface area (Å²) in [5.41, 5.74) is 6.36. The largest absolute Gasteiger partial charge is 0.507 e. The van der Waals surface area contributed by atoms with E-state index in [4.69, 9.17) is 15.6 Å². The fourth-order valence-corrected chi connectivity index (χ4v) is 2.60. The molecule has 1 unspecified atom stereocenters. The predicted octanol–water partition coefficient (Wildman–Crippen LogP) is -0.726. The van der Waals surface area contributed by atoms with E-state index in [1.54, 1.807) is 12.1 Å². The number of nitrogens with two attached hydrogens (primary N) is 1. The average molecular weight is 320 g/mol. The highest BCUT2D eigenvalue weighted by Crippen LogP contribution is 2.32. The van der Waals surface area contributed by atoms with Gasteiger partial charge in [0.15, 0.2) is 6.29 Å². The highest BCUT2D eigenvalue weighted by atomic mass is 16.5. The molecule has 8 heteroatoms. The zero-order valence-corrected chi connectivity index (χ0v) is 13.1. The van der Waals surface area contributed by atoms with Crippen LogP contribution in [0, 0.1) is 0 Å². The number of carboxylic acids is 1. The van der Waals surface area contributed by atoms with Crippen molar-refractivity contribution in [3.8, 4) is 11.5 Å². The van der Waals surface area contributed by atoms with Crippen LogP contribution in [0.5, 0.6) is 11.5 Å². The number of benzene rings is 1. The molecular formula is C15H21BN2O5. The third-order valence-electron chi connectivity index (χ3n) is 3.89. The first kappa shape index (κ1) is 17.3. The van der Waals surface area contributed by atoms with Gasteiger partial charge in [-0.15, -0.1) is 0 Å². The number of likely N-dealkylation sites (tertiary alicyclic amines) is 1. The number of carbonyl (C=O) groups is 2. The van der Waals surface area contributed by atoms with Crippen molar-refractivity contribution in [2.24, 2.45) is 5.73 Å². The highest BCUT2D eigenvalue weighted by Gasteiger charge is 2.31. The van der Waals surface area contributed by atoms with Crippen LogP contribution in [0.3, 0.4) is 0 Å². The van der Waals surface area contributed by atoms with E-state index in [1.165, 1.54) is 0 Å². The third-order valence-corrected chi connectivity index (χ3v) is 3.89. The first-order valence-electron chi connectivity index (χ1n) is 7.63. The summed E-state index contributed by atoms with van der Waals surface area (Å²) in [6, 6.07) is 2.54. The van der Waals surface area contributed by atoms with Crippen LogP contribution in [-0.2, 0) is 11.2 Å². The lowest BCUT2D eigenvalue weighted by Gasteiger charge is -2.39. The number of carbonyl (C=O) groups excluding carboxylic acids is 1. The van der Waals surface area contributed by atoms with Gasteiger partial charge < -0.3 is 20.7 Å². The van der Waals surface area contributed by atoms with Crippen molar-refractivity contribution >= 4 is 20.1 Å². The number of aliphatic carboxylic acids is 1. The van der Waals surface area contributed by atoms with Crippen molar-refractivity contribution in [3.63, 3.8) is 0 Å². The number of phenols is 1. The molecule has 124 valence electrons. The molecular weight excluding hydrogens is 299 g/mol. The van der Waals surface area contributed by atoms with Gasteiger partial charge in [-0.25, -0.2) is 0 Å². The molecule has 1 fully saturated rings. The minimum Gasteiger partial charge on any atom is -0.507 e. The summed E-state index contributed by atoms with van der Waals surface area (Å²) in [6.07, 6.45) is 2.01. The molecule has 0 saturated carbocycles. The van der Waals surface area contributed by atoms with Crippen LogP contribution >= 0.6 is 0 Å². The van der Waals surface area contributed by atoms with Crippen LogP contribution in [0.25, 0.3) is 0 Å². The van der Waals surface area contributed by atoms with Gasteiger partial charge in [0, 0.05) is 19.6 Å². The molecule has 1 atom stereocenters. The molecule has 1 aliphatic rings. The van der Waals surface area contributed by atoms with Crippen LogP contribution in [0.1, 0.15) is 15.9 Å². The second-order valence-electron chi connectivity index (χ2n) is 5.76. The summed E-state index contributed by atoms with van der Waals surface area (Å²) in [5, 5.41) is 18.9. The molecule has 1 heterocycles. The molecule has 0 aliphatic carbocycles. The van der Waals surface area contributed by atoms with Crippen molar-refractivity contribution < 1.29 is 24.5 Å². The van der Waals surface area contributed by atoms with Gasteiger partial charge in [-0.05, 0) is 18.1 Å². The summed E-state index contributed by atoms with van der Waals surface area (Å²) in [4.78, 5) is 23.8. The van der Waals surface area contributed by atoms with E-state index in [9.17, 15) is 14.7 Å². The second kappa shape index (κ2) is 7.48. The Morgan fingerprint density at radius 3 is 2.78 bits per heavy atom. The van der Waals surface area contributed by atoms with Gasteiger partial charge in [-0.3, -0.25) is 14.5 Å². The average Bonchev–Trinajstić information content (AvgIpc) is 2.47.